The zero-order valence-corrected chi connectivity index (χ0v) is 11.7. The Bertz CT molecular complexity index is 450. The number of rotatable bonds is 2. The Balaban J connectivity index is 1.87. The lowest BCUT2D eigenvalue weighted by atomic mass is 10.2. The first-order valence-electron chi connectivity index (χ1n) is 6.51. The Morgan fingerprint density at radius 3 is 2.74 bits per heavy atom. The number of para-hydroxylation sites is 1. The quantitative estimate of drug-likeness (QED) is 0.887. The average molecular weight is 263 g/mol. The Kier molecular flexibility index (Phi) is 4.39. The van der Waals surface area contributed by atoms with Crippen molar-refractivity contribution in [1.82, 2.24) is 10.0 Å². The van der Waals surface area contributed by atoms with Crippen LogP contribution in [0.2, 0.25) is 0 Å². The molecular weight excluding hydrogens is 242 g/mol. The molecular formula is C14H21N3O2. The van der Waals surface area contributed by atoms with Crippen LogP contribution in [0.15, 0.2) is 24.3 Å². The Hall–Kier alpha value is -1.59. The van der Waals surface area contributed by atoms with E-state index in [0.717, 1.165) is 30.8 Å². The largest absolute Gasteiger partial charge is 0.445 e. The van der Waals surface area contributed by atoms with Gasteiger partial charge in [0.05, 0.1) is 6.54 Å². The second-order valence-electron chi connectivity index (χ2n) is 4.98. The molecule has 0 aromatic heterocycles. The normalized spacial score (nSPS) is 21.1. The molecule has 1 aromatic carbocycles. The van der Waals surface area contributed by atoms with Crippen LogP contribution in [-0.2, 0) is 4.74 Å². The smallest absolute Gasteiger partial charge is 0.411 e. The fourth-order valence-corrected chi connectivity index (χ4v) is 2.13. The first kappa shape index (κ1) is 13.8. The van der Waals surface area contributed by atoms with Crippen LogP contribution in [0.5, 0.6) is 0 Å². The number of nitrogens with zero attached hydrogens (tertiary/aromatic N) is 2. The van der Waals surface area contributed by atoms with Crippen molar-refractivity contribution in [3.05, 3.63) is 29.8 Å². The summed E-state index contributed by atoms with van der Waals surface area (Å²) >= 11 is 0. The lowest BCUT2D eigenvalue weighted by Crippen LogP contribution is -2.49. The summed E-state index contributed by atoms with van der Waals surface area (Å²) < 4.78 is 5.45. The summed E-state index contributed by atoms with van der Waals surface area (Å²) in [5, 5.41) is 6.98. The van der Waals surface area contributed by atoms with Gasteiger partial charge in [0.1, 0.15) is 6.10 Å². The van der Waals surface area contributed by atoms with Crippen LogP contribution in [0.3, 0.4) is 0 Å². The Morgan fingerprint density at radius 2 is 2.05 bits per heavy atom. The summed E-state index contributed by atoms with van der Waals surface area (Å²) in [7, 11) is 4.03. The SMILES string of the molecule is Cc1ccccc1NC(=O)OC1CCN(C)N(C)C1. The van der Waals surface area contributed by atoms with Crippen molar-refractivity contribution >= 4 is 11.8 Å². The number of benzene rings is 1. The molecule has 104 valence electrons. The van der Waals surface area contributed by atoms with Crippen LogP contribution < -0.4 is 5.32 Å². The lowest BCUT2D eigenvalue weighted by Gasteiger charge is -2.36. The van der Waals surface area contributed by atoms with Gasteiger partial charge in [0.2, 0.25) is 0 Å². The molecule has 1 N–H and O–H groups in total. The van der Waals surface area contributed by atoms with Crippen molar-refractivity contribution in [3.63, 3.8) is 0 Å². The van der Waals surface area contributed by atoms with E-state index in [1.807, 2.05) is 45.3 Å². The van der Waals surface area contributed by atoms with Crippen LogP contribution in [0.4, 0.5) is 10.5 Å². The molecule has 1 unspecified atom stereocenters. The van der Waals surface area contributed by atoms with Crippen molar-refractivity contribution in [2.75, 3.05) is 32.5 Å². The van der Waals surface area contributed by atoms with Gasteiger partial charge in [0, 0.05) is 26.3 Å². The highest BCUT2D eigenvalue weighted by Crippen LogP contribution is 2.15. The minimum atomic E-state index is -0.378. The van der Waals surface area contributed by atoms with Gasteiger partial charge in [-0.15, -0.1) is 0 Å². The van der Waals surface area contributed by atoms with Gasteiger partial charge in [-0.25, -0.2) is 14.8 Å². The fourth-order valence-electron chi connectivity index (χ4n) is 2.13. The molecule has 1 aliphatic rings. The van der Waals surface area contributed by atoms with Crippen molar-refractivity contribution in [1.29, 1.82) is 0 Å². The number of carbonyl (C=O) groups excluding carboxylic acids is 1. The van der Waals surface area contributed by atoms with E-state index in [2.05, 4.69) is 15.3 Å². The molecule has 1 aromatic rings. The van der Waals surface area contributed by atoms with Crippen molar-refractivity contribution in [3.8, 4) is 0 Å². The van der Waals surface area contributed by atoms with E-state index < -0.39 is 0 Å². The van der Waals surface area contributed by atoms with E-state index in [-0.39, 0.29) is 12.2 Å². The Labute approximate surface area is 114 Å². The second-order valence-corrected chi connectivity index (χ2v) is 4.98. The molecule has 0 bridgehead atoms. The molecule has 2 rings (SSSR count). The maximum Gasteiger partial charge on any atom is 0.411 e. The van der Waals surface area contributed by atoms with Gasteiger partial charge < -0.3 is 4.74 Å². The maximum atomic E-state index is 11.9. The van der Waals surface area contributed by atoms with Crippen LogP contribution >= 0.6 is 0 Å². The van der Waals surface area contributed by atoms with E-state index >= 15 is 0 Å². The van der Waals surface area contributed by atoms with Gasteiger partial charge in [-0.05, 0) is 25.0 Å². The number of nitrogens with one attached hydrogen (secondary N) is 1. The number of hydrogen-bond acceptors (Lipinski definition) is 4. The molecule has 1 fully saturated rings. The third kappa shape index (κ3) is 3.68. The number of ether oxygens (including phenoxy) is 1. The molecule has 5 heteroatoms. The number of carbonyl (C=O) groups is 1. The summed E-state index contributed by atoms with van der Waals surface area (Å²) in [6, 6.07) is 7.67. The minimum absolute atomic E-state index is 0.0507. The molecule has 1 aliphatic heterocycles. The molecule has 0 saturated carbocycles. The number of hydrazine groups is 1. The summed E-state index contributed by atoms with van der Waals surface area (Å²) in [6.07, 6.45) is 0.435. The van der Waals surface area contributed by atoms with Crippen LogP contribution in [0, 0.1) is 6.92 Å². The highest BCUT2D eigenvalue weighted by atomic mass is 16.6. The van der Waals surface area contributed by atoms with E-state index in [0.29, 0.717) is 0 Å². The summed E-state index contributed by atoms with van der Waals surface area (Å²) in [5.41, 5.74) is 1.83. The molecule has 19 heavy (non-hydrogen) atoms. The first-order valence-corrected chi connectivity index (χ1v) is 6.51. The van der Waals surface area contributed by atoms with Gasteiger partial charge in [-0.2, -0.15) is 0 Å². The predicted molar refractivity (Wildman–Crippen MR) is 74.9 cm³/mol. The third-order valence-electron chi connectivity index (χ3n) is 3.48. The van der Waals surface area contributed by atoms with Crippen LogP contribution in [0.25, 0.3) is 0 Å². The highest BCUT2D eigenvalue weighted by Gasteiger charge is 2.24. The summed E-state index contributed by atoms with van der Waals surface area (Å²) in [6.45, 7) is 3.59. The molecule has 1 heterocycles. The molecule has 0 spiro atoms. The molecule has 0 aliphatic carbocycles. The number of likely N-dealkylation sites (N-methyl/N-ethyl adjacent to an activating group) is 1. The molecule has 0 radical (unpaired) electrons. The van der Waals surface area contributed by atoms with Crippen molar-refractivity contribution in [2.24, 2.45) is 0 Å². The summed E-state index contributed by atoms with van der Waals surface area (Å²) in [4.78, 5) is 11.9. The standard InChI is InChI=1S/C14H21N3O2/c1-11-6-4-5-7-13(11)15-14(18)19-12-8-9-16(2)17(3)10-12/h4-7,12H,8-10H2,1-3H3,(H,15,18). The van der Waals surface area contributed by atoms with E-state index in [4.69, 9.17) is 4.74 Å². The van der Waals surface area contributed by atoms with E-state index in [9.17, 15) is 4.79 Å². The Morgan fingerprint density at radius 1 is 1.32 bits per heavy atom. The van der Waals surface area contributed by atoms with Gasteiger partial charge in [-0.3, -0.25) is 5.32 Å². The number of aryl methyl sites for hydroxylation is 1. The summed E-state index contributed by atoms with van der Waals surface area (Å²) in [5.74, 6) is 0. The van der Waals surface area contributed by atoms with Crippen molar-refractivity contribution in [2.45, 2.75) is 19.4 Å². The van der Waals surface area contributed by atoms with Gasteiger partial charge in [0.25, 0.3) is 0 Å². The second kappa shape index (κ2) is 6.04. The molecule has 1 saturated heterocycles. The third-order valence-corrected chi connectivity index (χ3v) is 3.48. The first-order chi connectivity index (χ1) is 9.06. The van der Waals surface area contributed by atoms with Crippen LogP contribution in [0.1, 0.15) is 12.0 Å². The fraction of sp³-hybridized carbons (Fsp3) is 0.500. The number of hydrogen-bond donors (Lipinski definition) is 1. The van der Waals surface area contributed by atoms with Gasteiger partial charge in [-0.1, -0.05) is 18.2 Å². The van der Waals surface area contributed by atoms with Crippen LogP contribution in [-0.4, -0.2) is 49.4 Å². The maximum absolute atomic E-state index is 11.9. The van der Waals surface area contributed by atoms with Gasteiger partial charge in [0.15, 0.2) is 0 Å². The topological polar surface area (TPSA) is 44.8 Å². The minimum Gasteiger partial charge on any atom is -0.445 e. The monoisotopic (exact) mass is 263 g/mol. The van der Waals surface area contributed by atoms with E-state index in [1.165, 1.54) is 0 Å². The highest BCUT2D eigenvalue weighted by molar-refractivity contribution is 5.85. The zero-order valence-electron chi connectivity index (χ0n) is 11.7. The lowest BCUT2D eigenvalue weighted by molar-refractivity contribution is -0.0597. The number of amides is 1. The van der Waals surface area contributed by atoms with Crippen molar-refractivity contribution < 1.29 is 9.53 Å². The number of anilines is 1. The molecule has 5 nitrogen and oxygen atoms in total. The van der Waals surface area contributed by atoms with Gasteiger partial charge >= 0.3 is 6.09 Å². The average Bonchev–Trinajstić information content (AvgIpc) is 2.37. The molecule has 1 amide bonds. The predicted octanol–water partition coefficient (Wildman–Crippen LogP) is 2.09. The zero-order chi connectivity index (χ0) is 13.8. The molecule has 1 atom stereocenters. The van der Waals surface area contributed by atoms with E-state index in [1.54, 1.807) is 0 Å².